The summed E-state index contributed by atoms with van der Waals surface area (Å²) < 4.78 is 10.4. The average molecular weight is 285 g/mol. The van der Waals surface area contributed by atoms with E-state index in [2.05, 4.69) is 5.32 Å². The van der Waals surface area contributed by atoms with Crippen molar-refractivity contribution in [2.24, 2.45) is 11.1 Å². The van der Waals surface area contributed by atoms with Crippen molar-refractivity contribution < 1.29 is 14.3 Å². The molecule has 1 aliphatic rings. The third-order valence-electron chi connectivity index (χ3n) is 3.46. The smallest absolute Gasteiger partial charge is 0.234 e. The van der Waals surface area contributed by atoms with E-state index < -0.39 is 5.41 Å². The van der Waals surface area contributed by atoms with Crippen LogP contribution in [0.4, 0.5) is 5.69 Å². The molecule has 5 nitrogen and oxygen atoms in total. The lowest BCUT2D eigenvalue weighted by Gasteiger charge is -2.25. The van der Waals surface area contributed by atoms with Crippen molar-refractivity contribution in [1.82, 2.24) is 0 Å². The minimum absolute atomic E-state index is 0.201. The second kappa shape index (κ2) is 5.36. The van der Waals surface area contributed by atoms with Crippen LogP contribution in [0.1, 0.15) is 6.92 Å². The van der Waals surface area contributed by atoms with E-state index in [9.17, 15) is 4.79 Å². The van der Waals surface area contributed by atoms with Gasteiger partial charge in [0.2, 0.25) is 5.91 Å². The van der Waals surface area contributed by atoms with Gasteiger partial charge < -0.3 is 20.5 Å². The minimum Gasteiger partial charge on any atom is -0.497 e. The second-order valence-electron chi connectivity index (χ2n) is 4.84. The van der Waals surface area contributed by atoms with E-state index in [4.69, 9.17) is 26.8 Å². The highest BCUT2D eigenvalue weighted by molar-refractivity contribution is 6.33. The lowest BCUT2D eigenvalue weighted by Crippen LogP contribution is -2.47. The van der Waals surface area contributed by atoms with Gasteiger partial charge in [-0.1, -0.05) is 11.6 Å². The molecule has 1 aromatic carbocycles. The Kier molecular flexibility index (Phi) is 3.99. The van der Waals surface area contributed by atoms with Gasteiger partial charge in [0.25, 0.3) is 0 Å². The number of carbonyl (C=O) groups is 1. The van der Waals surface area contributed by atoms with Crippen molar-refractivity contribution in [3.8, 4) is 5.75 Å². The molecule has 1 heterocycles. The lowest BCUT2D eigenvalue weighted by atomic mass is 9.85. The van der Waals surface area contributed by atoms with Crippen LogP contribution >= 0.6 is 11.6 Å². The number of methoxy groups -OCH3 is 1. The van der Waals surface area contributed by atoms with Crippen LogP contribution in [0, 0.1) is 5.41 Å². The topological polar surface area (TPSA) is 73.6 Å². The normalized spacial score (nSPS) is 26.2. The Bertz CT molecular complexity index is 495. The van der Waals surface area contributed by atoms with Gasteiger partial charge in [-0.2, -0.15) is 0 Å². The summed E-state index contributed by atoms with van der Waals surface area (Å²) in [7, 11) is 1.55. The SMILES string of the molecule is COc1ccc(Cl)c(NC(=O)C2(C)COCC2N)c1. The van der Waals surface area contributed by atoms with Crippen molar-refractivity contribution >= 4 is 23.2 Å². The Morgan fingerprint density at radius 3 is 2.95 bits per heavy atom. The molecule has 1 amide bonds. The van der Waals surface area contributed by atoms with Crippen LogP contribution in [0.2, 0.25) is 5.02 Å². The number of carbonyl (C=O) groups excluding carboxylic acids is 1. The third kappa shape index (κ3) is 2.68. The maximum Gasteiger partial charge on any atom is 0.234 e. The van der Waals surface area contributed by atoms with Crippen LogP contribution in [0.25, 0.3) is 0 Å². The first kappa shape index (κ1) is 14.1. The number of amides is 1. The van der Waals surface area contributed by atoms with Gasteiger partial charge in [0.05, 0.1) is 36.4 Å². The molecule has 1 aliphatic heterocycles. The number of hydrogen-bond acceptors (Lipinski definition) is 4. The van der Waals surface area contributed by atoms with Crippen molar-refractivity contribution in [1.29, 1.82) is 0 Å². The molecule has 0 spiro atoms. The van der Waals surface area contributed by atoms with Gasteiger partial charge in [-0.25, -0.2) is 0 Å². The quantitative estimate of drug-likeness (QED) is 0.885. The maximum absolute atomic E-state index is 12.3. The molecule has 2 rings (SSSR count). The predicted molar refractivity (Wildman–Crippen MR) is 73.5 cm³/mol. The molecule has 0 radical (unpaired) electrons. The van der Waals surface area contributed by atoms with Crippen LogP contribution in [0.3, 0.4) is 0 Å². The molecule has 6 heteroatoms. The van der Waals surface area contributed by atoms with Gasteiger partial charge in [-0.05, 0) is 19.1 Å². The Morgan fingerprint density at radius 2 is 2.37 bits per heavy atom. The van der Waals surface area contributed by atoms with Crippen LogP contribution in [-0.4, -0.2) is 32.3 Å². The van der Waals surface area contributed by atoms with E-state index in [0.717, 1.165) is 0 Å². The first-order valence-corrected chi connectivity index (χ1v) is 6.33. The number of ether oxygens (including phenoxy) is 2. The van der Waals surface area contributed by atoms with Crippen LogP contribution in [0.5, 0.6) is 5.75 Å². The summed E-state index contributed by atoms with van der Waals surface area (Å²) in [6.45, 7) is 2.48. The van der Waals surface area contributed by atoms with Gasteiger partial charge in [-0.15, -0.1) is 0 Å². The van der Waals surface area contributed by atoms with Crippen LogP contribution < -0.4 is 15.8 Å². The number of anilines is 1. The van der Waals surface area contributed by atoms with Crippen LogP contribution in [0.15, 0.2) is 18.2 Å². The summed E-state index contributed by atoms with van der Waals surface area (Å²) in [6.07, 6.45) is 0. The molecule has 0 saturated carbocycles. The number of hydrogen-bond donors (Lipinski definition) is 2. The second-order valence-corrected chi connectivity index (χ2v) is 5.25. The first-order chi connectivity index (χ1) is 8.97. The molecular formula is C13H17ClN2O3. The van der Waals surface area contributed by atoms with E-state index in [0.29, 0.717) is 29.7 Å². The van der Waals surface area contributed by atoms with Gasteiger partial charge in [0, 0.05) is 12.1 Å². The van der Waals surface area contributed by atoms with Gasteiger partial charge in [0.15, 0.2) is 0 Å². The summed E-state index contributed by atoms with van der Waals surface area (Å²) in [6, 6.07) is 4.75. The predicted octanol–water partition coefficient (Wildman–Crippen LogP) is 1.65. The van der Waals surface area contributed by atoms with Crippen molar-refractivity contribution in [3.63, 3.8) is 0 Å². The monoisotopic (exact) mass is 284 g/mol. The number of benzene rings is 1. The fraction of sp³-hybridized carbons (Fsp3) is 0.462. The molecule has 3 N–H and O–H groups in total. The Balaban J connectivity index is 2.19. The highest BCUT2D eigenvalue weighted by atomic mass is 35.5. The lowest BCUT2D eigenvalue weighted by molar-refractivity contribution is -0.125. The standard InChI is InChI=1S/C13H17ClN2O3/c1-13(7-19-6-11(13)15)12(17)16-10-5-8(18-2)3-4-9(10)14/h3-5,11H,6-7,15H2,1-2H3,(H,16,17). The Morgan fingerprint density at radius 1 is 1.63 bits per heavy atom. The number of nitrogens with two attached hydrogens (primary N) is 1. The summed E-state index contributed by atoms with van der Waals surface area (Å²) in [5.41, 5.74) is 5.68. The highest BCUT2D eigenvalue weighted by Gasteiger charge is 2.44. The molecule has 1 fully saturated rings. The zero-order valence-corrected chi connectivity index (χ0v) is 11.7. The van der Waals surface area contributed by atoms with Crippen molar-refractivity contribution in [2.75, 3.05) is 25.6 Å². The first-order valence-electron chi connectivity index (χ1n) is 5.95. The summed E-state index contributed by atoms with van der Waals surface area (Å²) in [5, 5.41) is 3.24. The fourth-order valence-corrected chi connectivity index (χ4v) is 2.08. The summed E-state index contributed by atoms with van der Waals surface area (Å²) in [5.74, 6) is 0.421. The van der Waals surface area contributed by atoms with E-state index in [1.165, 1.54) is 0 Å². The maximum atomic E-state index is 12.3. The fourth-order valence-electron chi connectivity index (χ4n) is 1.92. The number of rotatable bonds is 3. The zero-order chi connectivity index (χ0) is 14.0. The molecule has 0 aromatic heterocycles. The molecular weight excluding hydrogens is 268 g/mol. The van der Waals surface area contributed by atoms with Crippen LogP contribution in [-0.2, 0) is 9.53 Å². The van der Waals surface area contributed by atoms with E-state index >= 15 is 0 Å². The van der Waals surface area contributed by atoms with Crippen molar-refractivity contribution in [2.45, 2.75) is 13.0 Å². The molecule has 2 unspecified atom stereocenters. The average Bonchev–Trinajstić information content (AvgIpc) is 2.73. The van der Waals surface area contributed by atoms with E-state index in [1.54, 1.807) is 32.2 Å². The Labute approximate surface area is 117 Å². The third-order valence-corrected chi connectivity index (χ3v) is 3.79. The molecule has 1 aromatic rings. The minimum atomic E-state index is -0.744. The number of nitrogens with one attached hydrogen (secondary N) is 1. The van der Waals surface area contributed by atoms with Gasteiger partial charge in [-0.3, -0.25) is 4.79 Å². The van der Waals surface area contributed by atoms with Gasteiger partial charge >= 0.3 is 0 Å². The zero-order valence-electron chi connectivity index (χ0n) is 10.9. The van der Waals surface area contributed by atoms with E-state index in [-0.39, 0.29) is 11.9 Å². The number of halogens is 1. The Hall–Kier alpha value is -1.30. The molecule has 0 aliphatic carbocycles. The van der Waals surface area contributed by atoms with E-state index in [1.807, 2.05) is 0 Å². The summed E-state index contributed by atoms with van der Waals surface area (Å²) in [4.78, 5) is 12.3. The molecule has 104 valence electrons. The molecule has 0 bridgehead atoms. The largest absolute Gasteiger partial charge is 0.497 e. The highest BCUT2D eigenvalue weighted by Crippen LogP contribution is 2.32. The molecule has 19 heavy (non-hydrogen) atoms. The van der Waals surface area contributed by atoms with Crippen molar-refractivity contribution in [3.05, 3.63) is 23.2 Å². The van der Waals surface area contributed by atoms with Gasteiger partial charge in [0.1, 0.15) is 5.75 Å². The molecule has 2 atom stereocenters. The summed E-state index contributed by atoms with van der Waals surface area (Å²) >= 11 is 6.05. The molecule has 1 saturated heterocycles.